The average Bonchev–Trinajstić information content (AvgIpc) is 2.73. The molecule has 1 unspecified atom stereocenters. The number of piperidine rings is 3. The highest BCUT2D eigenvalue weighted by Gasteiger charge is 2.31. The van der Waals surface area contributed by atoms with E-state index in [9.17, 15) is 4.79 Å². The lowest BCUT2D eigenvalue weighted by molar-refractivity contribution is -0.136. The molecule has 3 aliphatic rings. The monoisotopic (exact) mass is 391 g/mol. The summed E-state index contributed by atoms with van der Waals surface area (Å²) in [5.74, 6) is 3.04. The summed E-state index contributed by atoms with van der Waals surface area (Å²) in [7, 11) is 0. The number of amides is 1. The van der Waals surface area contributed by atoms with E-state index < -0.39 is 0 Å². The van der Waals surface area contributed by atoms with Crippen LogP contribution in [0.5, 0.6) is 0 Å². The highest BCUT2D eigenvalue weighted by molar-refractivity contribution is 5.78. The smallest absolute Gasteiger partial charge is 0.225 e. The molecule has 162 valence electrons. The van der Waals surface area contributed by atoms with Crippen LogP contribution in [0.2, 0.25) is 0 Å². The van der Waals surface area contributed by atoms with E-state index in [0.29, 0.717) is 11.8 Å². The largest absolute Gasteiger partial charge is 0.342 e. The molecule has 0 aromatic carbocycles. The zero-order valence-corrected chi connectivity index (χ0v) is 19.0. The standard InChI is InChI=1S/C24H45N3O/c1-5-20(4)22-8-15-26(16-9-22)23-10-13-25(14-11-23)17-21-7-6-12-27(18-21)24(28)19(2)3/h19-23H,5-18H2,1-4H3/t20?,21-/m0/s1. The minimum Gasteiger partial charge on any atom is -0.342 e. The first-order valence-corrected chi connectivity index (χ1v) is 12.2. The highest BCUT2D eigenvalue weighted by atomic mass is 16.2. The minimum atomic E-state index is 0.138. The summed E-state index contributed by atoms with van der Waals surface area (Å²) in [5, 5.41) is 0. The summed E-state index contributed by atoms with van der Waals surface area (Å²) in [6.07, 6.45) is 9.33. The lowest BCUT2D eigenvalue weighted by Gasteiger charge is -2.44. The highest BCUT2D eigenvalue weighted by Crippen LogP contribution is 2.30. The quantitative estimate of drug-likeness (QED) is 0.682. The number of rotatable bonds is 6. The van der Waals surface area contributed by atoms with E-state index in [1.807, 2.05) is 13.8 Å². The first kappa shape index (κ1) is 22.1. The zero-order valence-electron chi connectivity index (χ0n) is 19.0. The fraction of sp³-hybridized carbons (Fsp3) is 0.958. The Bertz CT molecular complexity index is 478. The van der Waals surface area contributed by atoms with Crippen molar-refractivity contribution in [2.75, 3.05) is 45.8 Å². The molecule has 28 heavy (non-hydrogen) atoms. The third-order valence-corrected chi connectivity index (χ3v) is 7.94. The van der Waals surface area contributed by atoms with Gasteiger partial charge in [-0.05, 0) is 82.5 Å². The second-order valence-electron chi connectivity index (χ2n) is 10.2. The number of hydrogen-bond acceptors (Lipinski definition) is 3. The van der Waals surface area contributed by atoms with Crippen LogP contribution in [0.15, 0.2) is 0 Å². The van der Waals surface area contributed by atoms with Gasteiger partial charge in [0.15, 0.2) is 0 Å². The number of nitrogens with zero attached hydrogens (tertiary/aromatic N) is 3. The summed E-state index contributed by atoms with van der Waals surface area (Å²) in [5.41, 5.74) is 0. The average molecular weight is 392 g/mol. The van der Waals surface area contributed by atoms with Crippen molar-refractivity contribution in [2.24, 2.45) is 23.7 Å². The topological polar surface area (TPSA) is 26.8 Å². The van der Waals surface area contributed by atoms with E-state index in [0.717, 1.165) is 31.0 Å². The SMILES string of the molecule is CCC(C)C1CCN(C2CCN(C[C@@H]3CCCN(C(=O)C(C)C)C3)CC2)CC1. The van der Waals surface area contributed by atoms with E-state index in [2.05, 4.69) is 28.5 Å². The Morgan fingerprint density at radius 2 is 1.61 bits per heavy atom. The Morgan fingerprint density at radius 1 is 0.929 bits per heavy atom. The Morgan fingerprint density at radius 3 is 2.21 bits per heavy atom. The maximum Gasteiger partial charge on any atom is 0.225 e. The lowest BCUT2D eigenvalue weighted by atomic mass is 9.83. The van der Waals surface area contributed by atoms with Gasteiger partial charge in [0.2, 0.25) is 5.91 Å². The first-order chi connectivity index (χ1) is 13.5. The molecule has 1 amide bonds. The summed E-state index contributed by atoms with van der Waals surface area (Å²) in [6.45, 7) is 17.2. The molecule has 0 aromatic rings. The molecule has 0 N–H and O–H groups in total. The second kappa shape index (κ2) is 10.4. The summed E-state index contributed by atoms with van der Waals surface area (Å²) < 4.78 is 0. The van der Waals surface area contributed by atoms with Crippen LogP contribution < -0.4 is 0 Å². The lowest BCUT2D eigenvalue weighted by Crippen LogP contribution is -2.50. The Balaban J connectivity index is 1.38. The number of carbonyl (C=O) groups is 1. The van der Waals surface area contributed by atoms with Gasteiger partial charge in [0.05, 0.1) is 0 Å². The van der Waals surface area contributed by atoms with Crippen molar-refractivity contribution in [3.8, 4) is 0 Å². The molecule has 0 bridgehead atoms. The van der Waals surface area contributed by atoms with Gasteiger partial charge in [-0.15, -0.1) is 0 Å². The normalized spacial score (nSPS) is 28.0. The summed E-state index contributed by atoms with van der Waals surface area (Å²) >= 11 is 0. The maximum absolute atomic E-state index is 12.3. The predicted molar refractivity (Wildman–Crippen MR) is 117 cm³/mol. The number of carbonyl (C=O) groups excluding carboxylic acids is 1. The van der Waals surface area contributed by atoms with Crippen LogP contribution in [0.1, 0.15) is 72.6 Å². The maximum atomic E-state index is 12.3. The molecule has 0 radical (unpaired) electrons. The van der Waals surface area contributed by atoms with Crippen LogP contribution in [-0.4, -0.2) is 72.5 Å². The molecule has 3 rings (SSSR count). The van der Waals surface area contributed by atoms with E-state index in [-0.39, 0.29) is 5.92 Å². The molecule has 4 nitrogen and oxygen atoms in total. The molecule has 4 heteroatoms. The van der Waals surface area contributed by atoms with Gasteiger partial charge < -0.3 is 14.7 Å². The Labute approximate surface area is 174 Å². The number of hydrogen-bond donors (Lipinski definition) is 0. The third-order valence-electron chi connectivity index (χ3n) is 7.94. The van der Waals surface area contributed by atoms with Crippen molar-refractivity contribution in [3.63, 3.8) is 0 Å². The van der Waals surface area contributed by atoms with E-state index in [4.69, 9.17) is 0 Å². The molecular weight excluding hydrogens is 346 g/mol. The number of likely N-dealkylation sites (tertiary alicyclic amines) is 3. The van der Waals surface area contributed by atoms with Gasteiger partial charge in [-0.1, -0.05) is 34.1 Å². The van der Waals surface area contributed by atoms with Crippen molar-refractivity contribution in [2.45, 2.75) is 78.7 Å². The second-order valence-corrected chi connectivity index (χ2v) is 10.2. The third kappa shape index (κ3) is 5.72. The van der Waals surface area contributed by atoms with Crippen molar-refractivity contribution >= 4 is 5.91 Å². The Kier molecular flexibility index (Phi) is 8.22. The molecule has 2 atom stereocenters. The molecular formula is C24H45N3O. The van der Waals surface area contributed by atoms with Gasteiger partial charge in [-0.2, -0.15) is 0 Å². The van der Waals surface area contributed by atoms with E-state index in [1.165, 1.54) is 77.7 Å². The molecule has 3 fully saturated rings. The predicted octanol–water partition coefficient (Wildman–Crippen LogP) is 4.10. The zero-order chi connectivity index (χ0) is 20.1. The van der Waals surface area contributed by atoms with Crippen molar-refractivity contribution in [1.29, 1.82) is 0 Å². The molecule has 0 aromatic heterocycles. The van der Waals surface area contributed by atoms with Gasteiger partial charge in [0.1, 0.15) is 0 Å². The van der Waals surface area contributed by atoms with Crippen molar-refractivity contribution in [1.82, 2.24) is 14.7 Å². The minimum absolute atomic E-state index is 0.138. The molecule has 0 saturated carbocycles. The van der Waals surface area contributed by atoms with Gasteiger partial charge in [-0.3, -0.25) is 4.79 Å². The van der Waals surface area contributed by atoms with Crippen LogP contribution in [0.4, 0.5) is 0 Å². The molecule has 3 heterocycles. The van der Waals surface area contributed by atoms with Crippen molar-refractivity contribution < 1.29 is 4.79 Å². The van der Waals surface area contributed by atoms with Crippen molar-refractivity contribution in [3.05, 3.63) is 0 Å². The van der Waals surface area contributed by atoms with Crippen LogP contribution in [-0.2, 0) is 4.79 Å². The van der Waals surface area contributed by atoms with E-state index >= 15 is 0 Å². The van der Waals surface area contributed by atoms with E-state index in [1.54, 1.807) is 0 Å². The molecule has 3 aliphatic heterocycles. The first-order valence-electron chi connectivity index (χ1n) is 12.2. The van der Waals surface area contributed by atoms with Gasteiger partial charge >= 0.3 is 0 Å². The summed E-state index contributed by atoms with van der Waals surface area (Å²) in [4.78, 5) is 20.0. The van der Waals surface area contributed by atoms with Crippen LogP contribution in [0.3, 0.4) is 0 Å². The van der Waals surface area contributed by atoms with Crippen LogP contribution >= 0.6 is 0 Å². The summed E-state index contributed by atoms with van der Waals surface area (Å²) in [6, 6.07) is 0.819. The van der Waals surface area contributed by atoms with Gasteiger partial charge in [0.25, 0.3) is 0 Å². The molecule has 3 saturated heterocycles. The van der Waals surface area contributed by atoms with Crippen LogP contribution in [0.25, 0.3) is 0 Å². The fourth-order valence-corrected chi connectivity index (χ4v) is 5.80. The van der Waals surface area contributed by atoms with Gasteiger partial charge in [0, 0.05) is 31.6 Å². The molecule has 0 spiro atoms. The molecule has 0 aliphatic carbocycles. The fourth-order valence-electron chi connectivity index (χ4n) is 5.80. The van der Waals surface area contributed by atoms with Gasteiger partial charge in [-0.25, -0.2) is 0 Å². The van der Waals surface area contributed by atoms with Crippen LogP contribution in [0, 0.1) is 23.7 Å². The Hall–Kier alpha value is -0.610.